The molecule has 0 heterocycles. The van der Waals surface area contributed by atoms with Crippen molar-refractivity contribution in [2.45, 2.75) is 39.2 Å². The number of benzene rings is 1. The van der Waals surface area contributed by atoms with Crippen molar-refractivity contribution in [1.82, 2.24) is 5.32 Å². The summed E-state index contributed by atoms with van der Waals surface area (Å²) in [6, 6.07) is 8.26. The van der Waals surface area contributed by atoms with E-state index in [-0.39, 0.29) is 0 Å². The molecule has 0 fully saturated rings. The molecule has 1 aromatic rings. The molecular weight excluding hydrogens is 252 g/mol. The minimum absolute atomic E-state index is 0.562. The van der Waals surface area contributed by atoms with Gasteiger partial charge in [0.05, 0.1) is 0 Å². The Balaban J connectivity index is 2.62. The van der Waals surface area contributed by atoms with Crippen LogP contribution in [-0.4, -0.2) is 36.8 Å². The highest BCUT2D eigenvalue weighted by molar-refractivity contribution is 5.78. The quantitative estimate of drug-likeness (QED) is 0.767. The topological polar surface area (TPSA) is 52.6 Å². The molecule has 4 heteroatoms. The molecule has 1 aromatic carbocycles. The van der Waals surface area contributed by atoms with Gasteiger partial charge in [0.2, 0.25) is 0 Å². The van der Waals surface area contributed by atoms with Crippen molar-refractivity contribution in [2.75, 3.05) is 25.0 Å². The van der Waals surface area contributed by atoms with Crippen molar-refractivity contribution >= 4 is 11.7 Å². The lowest BCUT2D eigenvalue weighted by Crippen LogP contribution is -2.51. The van der Waals surface area contributed by atoms with Crippen LogP contribution in [0.2, 0.25) is 0 Å². The van der Waals surface area contributed by atoms with E-state index in [2.05, 4.69) is 41.4 Å². The summed E-state index contributed by atoms with van der Waals surface area (Å²) in [5.41, 5.74) is 1.47. The van der Waals surface area contributed by atoms with Crippen molar-refractivity contribution < 1.29 is 9.90 Å². The van der Waals surface area contributed by atoms with Crippen LogP contribution < -0.4 is 10.2 Å². The van der Waals surface area contributed by atoms with Gasteiger partial charge in [-0.15, -0.1) is 0 Å². The third kappa shape index (κ3) is 4.53. The SMILES string of the molecule is CCCNC(C)(CCN(C)c1ccc(C)cc1)C(=O)O. The number of hydrogen-bond acceptors (Lipinski definition) is 3. The summed E-state index contributed by atoms with van der Waals surface area (Å²) >= 11 is 0. The molecular formula is C16H26N2O2. The molecule has 0 aromatic heterocycles. The average Bonchev–Trinajstić information content (AvgIpc) is 2.43. The van der Waals surface area contributed by atoms with Crippen LogP contribution >= 0.6 is 0 Å². The summed E-state index contributed by atoms with van der Waals surface area (Å²) in [6.07, 6.45) is 1.49. The van der Waals surface area contributed by atoms with Crippen LogP contribution in [0, 0.1) is 6.92 Å². The summed E-state index contributed by atoms with van der Waals surface area (Å²) in [7, 11) is 1.99. The largest absolute Gasteiger partial charge is 0.480 e. The van der Waals surface area contributed by atoms with Gasteiger partial charge < -0.3 is 15.3 Å². The Bertz CT molecular complexity index is 431. The zero-order valence-corrected chi connectivity index (χ0v) is 12.9. The van der Waals surface area contributed by atoms with E-state index < -0.39 is 11.5 Å². The molecule has 0 saturated heterocycles. The molecule has 0 bridgehead atoms. The Labute approximate surface area is 121 Å². The first kappa shape index (κ1) is 16.5. The van der Waals surface area contributed by atoms with Gasteiger partial charge in [0.1, 0.15) is 5.54 Å². The number of carboxylic acid groups (broad SMARTS) is 1. The monoisotopic (exact) mass is 278 g/mol. The fraction of sp³-hybridized carbons (Fsp3) is 0.562. The second-order valence-electron chi connectivity index (χ2n) is 5.57. The van der Waals surface area contributed by atoms with Crippen LogP contribution in [0.4, 0.5) is 5.69 Å². The minimum atomic E-state index is -0.866. The van der Waals surface area contributed by atoms with Gasteiger partial charge in [-0.25, -0.2) is 0 Å². The second-order valence-corrected chi connectivity index (χ2v) is 5.57. The molecule has 0 saturated carbocycles. The van der Waals surface area contributed by atoms with Crippen LogP contribution in [0.15, 0.2) is 24.3 Å². The first-order valence-electron chi connectivity index (χ1n) is 7.15. The Hall–Kier alpha value is -1.55. The van der Waals surface area contributed by atoms with E-state index in [1.807, 2.05) is 14.0 Å². The normalized spacial score (nSPS) is 13.8. The summed E-state index contributed by atoms with van der Waals surface area (Å²) in [6.45, 7) is 7.27. The van der Waals surface area contributed by atoms with E-state index in [1.54, 1.807) is 6.92 Å². The molecule has 4 nitrogen and oxygen atoms in total. The lowest BCUT2D eigenvalue weighted by atomic mass is 9.97. The molecule has 0 spiro atoms. The summed E-state index contributed by atoms with van der Waals surface area (Å²) in [5.74, 6) is -0.789. The number of nitrogens with zero attached hydrogens (tertiary/aromatic N) is 1. The van der Waals surface area contributed by atoms with Gasteiger partial charge in [-0.3, -0.25) is 4.79 Å². The number of aliphatic carboxylic acids is 1. The van der Waals surface area contributed by atoms with Crippen molar-refractivity contribution in [3.8, 4) is 0 Å². The van der Waals surface area contributed by atoms with Crippen molar-refractivity contribution in [3.05, 3.63) is 29.8 Å². The van der Waals surface area contributed by atoms with Gasteiger partial charge in [0.15, 0.2) is 0 Å². The molecule has 1 rings (SSSR count). The maximum absolute atomic E-state index is 11.4. The van der Waals surface area contributed by atoms with Gasteiger partial charge in [-0.2, -0.15) is 0 Å². The molecule has 0 aliphatic heterocycles. The van der Waals surface area contributed by atoms with E-state index in [0.29, 0.717) is 13.0 Å². The Kier molecular flexibility index (Phi) is 6.02. The van der Waals surface area contributed by atoms with E-state index >= 15 is 0 Å². The van der Waals surface area contributed by atoms with Crippen LogP contribution in [0.1, 0.15) is 32.3 Å². The van der Waals surface area contributed by atoms with Crippen LogP contribution in [-0.2, 0) is 4.79 Å². The highest BCUT2D eigenvalue weighted by Crippen LogP contribution is 2.17. The number of carboxylic acids is 1. The van der Waals surface area contributed by atoms with E-state index in [0.717, 1.165) is 18.7 Å². The number of rotatable bonds is 8. The van der Waals surface area contributed by atoms with Crippen molar-refractivity contribution in [1.29, 1.82) is 0 Å². The predicted molar refractivity (Wildman–Crippen MR) is 83.4 cm³/mol. The fourth-order valence-corrected chi connectivity index (χ4v) is 1.99. The highest BCUT2D eigenvalue weighted by atomic mass is 16.4. The van der Waals surface area contributed by atoms with Gasteiger partial charge in [0.25, 0.3) is 0 Å². The molecule has 0 amide bonds. The van der Waals surface area contributed by atoms with Gasteiger partial charge >= 0.3 is 5.97 Å². The summed E-state index contributed by atoms with van der Waals surface area (Å²) in [5, 5.41) is 12.5. The number of aryl methyl sites for hydroxylation is 1. The molecule has 112 valence electrons. The Morgan fingerprint density at radius 2 is 1.95 bits per heavy atom. The molecule has 20 heavy (non-hydrogen) atoms. The standard InChI is InChI=1S/C16H26N2O2/c1-5-11-17-16(3,15(19)20)10-12-18(4)14-8-6-13(2)7-9-14/h6-9,17H,5,10-12H2,1-4H3,(H,19,20). The first-order chi connectivity index (χ1) is 9.39. The molecule has 1 atom stereocenters. The summed E-state index contributed by atoms with van der Waals surface area (Å²) < 4.78 is 0. The van der Waals surface area contributed by atoms with E-state index in [9.17, 15) is 9.90 Å². The van der Waals surface area contributed by atoms with E-state index in [4.69, 9.17) is 0 Å². The number of carbonyl (C=O) groups is 1. The molecule has 0 aliphatic rings. The fourth-order valence-electron chi connectivity index (χ4n) is 1.99. The first-order valence-corrected chi connectivity index (χ1v) is 7.15. The zero-order valence-electron chi connectivity index (χ0n) is 12.9. The zero-order chi connectivity index (χ0) is 15.2. The molecule has 0 radical (unpaired) electrons. The van der Waals surface area contributed by atoms with E-state index in [1.165, 1.54) is 5.56 Å². The highest BCUT2D eigenvalue weighted by Gasteiger charge is 2.32. The predicted octanol–water partition coefficient (Wildman–Crippen LogP) is 2.66. The smallest absolute Gasteiger partial charge is 0.323 e. The maximum Gasteiger partial charge on any atom is 0.323 e. The molecule has 2 N–H and O–H groups in total. The molecule has 0 aliphatic carbocycles. The third-order valence-corrected chi connectivity index (χ3v) is 3.66. The minimum Gasteiger partial charge on any atom is -0.480 e. The Morgan fingerprint density at radius 1 is 1.35 bits per heavy atom. The van der Waals surface area contributed by atoms with Gasteiger partial charge in [-0.05, 0) is 45.4 Å². The Morgan fingerprint density at radius 3 is 2.45 bits per heavy atom. The summed E-state index contributed by atoms with van der Waals surface area (Å²) in [4.78, 5) is 13.5. The van der Waals surface area contributed by atoms with Gasteiger partial charge in [-0.1, -0.05) is 24.6 Å². The average molecular weight is 278 g/mol. The lowest BCUT2D eigenvalue weighted by Gasteiger charge is -2.29. The molecule has 1 unspecified atom stereocenters. The van der Waals surface area contributed by atoms with Crippen LogP contribution in [0.25, 0.3) is 0 Å². The van der Waals surface area contributed by atoms with Crippen LogP contribution in [0.5, 0.6) is 0 Å². The second kappa shape index (κ2) is 7.29. The van der Waals surface area contributed by atoms with Crippen LogP contribution in [0.3, 0.4) is 0 Å². The lowest BCUT2D eigenvalue weighted by molar-refractivity contribution is -0.144. The number of anilines is 1. The van der Waals surface area contributed by atoms with Crippen molar-refractivity contribution in [3.63, 3.8) is 0 Å². The number of nitrogens with one attached hydrogen (secondary N) is 1. The number of hydrogen-bond donors (Lipinski definition) is 2. The maximum atomic E-state index is 11.4. The van der Waals surface area contributed by atoms with Gasteiger partial charge in [0, 0.05) is 19.3 Å². The third-order valence-electron chi connectivity index (χ3n) is 3.66. The van der Waals surface area contributed by atoms with Crippen molar-refractivity contribution in [2.24, 2.45) is 0 Å².